The van der Waals surface area contributed by atoms with Crippen molar-refractivity contribution in [3.8, 4) is 0 Å². The molecule has 262 valence electrons. The van der Waals surface area contributed by atoms with Crippen LogP contribution in [-0.4, -0.2) is 87.6 Å². The second-order valence-corrected chi connectivity index (χ2v) is 13.0. The van der Waals surface area contributed by atoms with Crippen LogP contribution < -0.4 is 21.3 Å². The van der Waals surface area contributed by atoms with E-state index in [9.17, 15) is 31.5 Å². The predicted octanol–water partition coefficient (Wildman–Crippen LogP) is 5.31. The highest BCUT2D eigenvalue weighted by Crippen LogP contribution is 2.35. The number of anilines is 3. The number of amides is 1. The summed E-state index contributed by atoms with van der Waals surface area (Å²) in [4.78, 5) is 35.8. The van der Waals surface area contributed by atoms with Crippen LogP contribution in [0.3, 0.4) is 0 Å². The van der Waals surface area contributed by atoms with Crippen LogP contribution in [0.25, 0.3) is 0 Å². The number of rotatable bonds is 9. The molecule has 3 aromatic rings. The van der Waals surface area contributed by atoms with Crippen molar-refractivity contribution in [2.24, 2.45) is 10.7 Å². The van der Waals surface area contributed by atoms with E-state index in [1.165, 1.54) is 24.3 Å². The van der Waals surface area contributed by atoms with E-state index >= 15 is 0 Å². The fourth-order valence-corrected chi connectivity index (χ4v) is 6.52. The monoisotopic (exact) mass is 750 g/mol. The van der Waals surface area contributed by atoms with E-state index in [2.05, 4.69) is 25.8 Å². The third kappa shape index (κ3) is 8.75. The van der Waals surface area contributed by atoms with E-state index in [4.69, 9.17) is 16.2 Å². The smallest absolute Gasteiger partial charge is 0.398 e. The summed E-state index contributed by atoms with van der Waals surface area (Å²) in [6.07, 6.45) is -4.76. The van der Waals surface area contributed by atoms with Crippen molar-refractivity contribution in [1.82, 2.24) is 4.90 Å². The molecule has 5 rings (SSSR count). The Labute approximate surface area is 288 Å². The lowest BCUT2D eigenvalue weighted by Gasteiger charge is -2.37. The molecule has 0 bridgehead atoms. The van der Waals surface area contributed by atoms with Crippen molar-refractivity contribution in [1.29, 1.82) is 0 Å². The number of alkyl halides is 3. The number of piperazine rings is 1. The number of aliphatic imine (C=N–C) groups is 1. The van der Waals surface area contributed by atoms with Crippen LogP contribution in [0.15, 0.2) is 58.0 Å². The van der Waals surface area contributed by atoms with E-state index in [-0.39, 0.29) is 60.8 Å². The van der Waals surface area contributed by atoms with Gasteiger partial charge >= 0.3 is 12.1 Å². The zero-order valence-electron chi connectivity index (χ0n) is 26.7. The van der Waals surface area contributed by atoms with Gasteiger partial charge in [-0.15, -0.1) is 0 Å². The number of nitrogen functional groups attached to an aromatic ring is 1. The zero-order valence-corrected chi connectivity index (χ0v) is 28.3. The van der Waals surface area contributed by atoms with Gasteiger partial charge in [0.25, 0.3) is 0 Å². The normalized spacial score (nSPS) is 16.6. The molecule has 0 atom stereocenters. The lowest BCUT2D eigenvalue weighted by Crippen LogP contribution is -2.50. The van der Waals surface area contributed by atoms with Crippen molar-refractivity contribution >= 4 is 50.5 Å². The average molecular weight is 752 g/mol. The van der Waals surface area contributed by atoms with Crippen molar-refractivity contribution in [2.75, 3.05) is 68.5 Å². The van der Waals surface area contributed by atoms with Crippen molar-refractivity contribution < 1.29 is 36.3 Å². The van der Waals surface area contributed by atoms with E-state index < -0.39 is 42.1 Å². The first kappa shape index (κ1) is 36.2. The molecule has 0 spiro atoms. The first-order valence-corrected chi connectivity index (χ1v) is 16.4. The molecule has 2 aliphatic rings. The Balaban J connectivity index is 1.48. The number of nitrogens with two attached hydrogens (primary N) is 2. The highest BCUT2D eigenvalue weighted by Gasteiger charge is 2.46. The van der Waals surface area contributed by atoms with Gasteiger partial charge in [-0.05, 0) is 79.9 Å². The number of carbonyl (C=O) groups is 2. The Bertz CT molecular complexity index is 1720. The molecule has 0 saturated carbocycles. The van der Waals surface area contributed by atoms with Crippen LogP contribution in [0.4, 0.5) is 39.0 Å². The summed E-state index contributed by atoms with van der Waals surface area (Å²) in [5.74, 6) is -4.33. The minimum Gasteiger partial charge on any atom is -0.398 e. The molecule has 3 aromatic carbocycles. The van der Waals surface area contributed by atoms with Crippen LogP contribution in [-0.2, 0) is 16.0 Å². The Morgan fingerprint density at radius 2 is 1.63 bits per heavy atom. The lowest BCUT2D eigenvalue weighted by molar-refractivity contribution is -0.171. The number of ketones is 1. The largest absolute Gasteiger partial charge is 0.471 e. The SMILES string of the molecule is CN1CCN(c2ccc(C(=O)CN=C(N)c3cc(Cc4cc(F)cc(F)c4)c(Br)cc3N)c(N(C(=O)C(F)(F)F)C3CCOCC3)c2)CC1. The molecule has 9 nitrogen and oxygen atoms in total. The van der Waals surface area contributed by atoms with E-state index in [0.717, 1.165) is 19.2 Å². The van der Waals surface area contributed by atoms with Gasteiger partial charge in [0.1, 0.15) is 24.0 Å². The highest BCUT2D eigenvalue weighted by molar-refractivity contribution is 9.10. The molecule has 4 N–H and O–H groups in total. The molecule has 1 amide bonds. The fourth-order valence-electron chi connectivity index (χ4n) is 6.02. The average Bonchev–Trinajstić information content (AvgIpc) is 3.05. The first-order valence-electron chi connectivity index (χ1n) is 15.6. The number of likely N-dealkylation sites (N-methyl/N-ethyl adjacent to an activating group) is 1. The molecule has 0 unspecified atom stereocenters. The molecule has 0 radical (unpaired) electrons. The van der Waals surface area contributed by atoms with Crippen molar-refractivity contribution in [2.45, 2.75) is 31.5 Å². The van der Waals surface area contributed by atoms with Gasteiger partial charge in [0.05, 0.1) is 5.69 Å². The molecule has 2 aliphatic heterocycles. The summed E-state index contributed by atoms with van der Waals surface area (Å²) >= 11 is 3.41. The molecular formula is C34H36BrF5N6O3. The van der Waals surface area contributed by atoms with Crippen LogP contribution >= 0.6 is 15.9 Å². The minimum absolute atomic E-state index is 0.115. The third-order valence-electron chi connectivity index (χ3n) is 8.63. The number of amidine groups is 1. The topological polar surface area (TPSA) is 117 Å². The highest BCUT2D eigenvalue weighted by atomic mass is 79.9. The van der Waals surface area contributed by atoms with Crippen LogP contribution in [0.1, 0.15) is 39.9 Å². The summed E-state index contributed by atoms with van der Waals surface area (Å²) < 4.78 is 75.7. The number of carbonyl (C=O) groups excluding carboxylic acids is 2. The number of hydrogen-bond donors (Lipinski definition) is 2. The summed E-state index contributed by atoms with van der Waals surface area (Å²) in [7, 11) is 1.97. The van der Waals surface area contributed by atoms with Crippen LogP contribution in [0.5, 0.6) is 0 Å². The van der Waals surface area contributed by atoms with Crippen LogP contribution in [0.2, 0.25) is 0 Å². The first-order chi connectivity index (χ1) is 23.2. The molecule has 0 aliphatic carbocycles. The molecule has 49 heavy (non-hydrogen) atoms. The molecule has 2 fully saturated rings. The van der Waals surface area contributed by atoms with Gasteiger partial charge in [-0.2, -0.15) is 13.2 Å². The number of ether oxygens (including phenoxy) is 1. The maximum atomic E-state index is 14.1. The summed E-state index contributed by atoms with van der Waals surface area (Å²) in [5, 5.41) is 0. The standard InChI is InChI=1S/C34H36BrF5N6O3/c1-44-6-8-45(9-7-44)25-2-3-26(30(17-25)46(33(48)34(38,39)40)24-4-10-49-11-5-24)31(47)19-43-32(42)27-15-21(28(35)18-29(27)41)12-20-13-22(36)16-23(37)14-20/h2-3,13-18,24H,4-12,19,41H2,1H3,(H2,42,43). The van der Waals surface area contributed by atoms with Gasteiger partial charge < -0.3 is 30.9 Å². The summed E-state index contributed by atoms with van der Waals surface area (Å²) in [5.41, 5.74) is 14.2. The Hall–Kier alpha value is -4.08. The van der Waals surface area contributed by atoms with Gasteiger partial charge in [0.15, 0.2) is 5.78 Å². The maximum absolute atomic E-state index is 14.1. The van der Waals surface area contributed by atoms with E-state index in [1.54, 1.807) is 18.2 Å². The minimum atomic E-state index is -5.20. The van der Waals surface area contributed by atoms with Crippen molar-refractivity contribution in [3.63, 3.8) is 0 Å². The predicted molar refractivity (Wildman–Crippen MR) is 181 cm³/mol. The van der Waals surface area contributed by atoms with E-state index in [0.29, 0.717) is 39.3 Å². The van der Waals surface area contributed by atoms with Gasteiger partial charge in [-0.3, -0.25) is 14.6 Å². The molecule has 2 saturated heterocycles. The Kier molecular flexibility index (Phi) is 11.2. The fraction of sp³-hybridized carbons (Fsp3) is 0.382. The summed E-state index contributed by atoms with van der Waals surface area (Å²) in [6.45, 7) is 2.45. The maximum Gasteiger partial charge on any atom is 0.471 e. The molecule has 15 heteroatoms. The molecule has 2 heterocycles. The van der Waals surface area contributed by atoms with Gasteiger partial charge in [-0.1, -0.05) is 15.9 Å². The van der Waals surface area contributed by atoms with Gasteiger partial charge in [0.2, 0.25) is 0 Å². The number of halogens is 6. The summed E-state index contributed by atoms with van der Waals surface area (Å²) in [6, 6.07) is 9.99. The number of hydrogen-bond acceptors (Lipinski definition) is 7. The zero-order chi connectivity index (χ0) is 35.5. The lowest BCUT2D eigenvalue weighted by atomic mass is 10.00. The second kappa shape index (κ2) is 15.2. The number of Topliss-reactive ketones (excluding diaryl/α,β-unsaturated/α-hetero) is 1. The van der Waals surface area contributed by atoms with Crippen LogP contribution in [0, 0.1) is 11.6 Å². The number of nitrogens with zero attached hydrogens (tertiary/aromatic N) is 4. The number of benzene rings is 3. The van der Waals surface area contributed by atoms with Crippen molar-refractivity contribution in [3.05, 3.63) is 86.9 Å². The quantitative estimate of drug-likeness (QED) is 0.100. The second-order valence-electron chi connectivity index (χ2n) is 12.1. The van der Waals surface area contributed by atoms with Gasteiger partial charge in [0, 0.05) is 78.5 Å². The Morgan fingerprint density at radius 3 is 2.27 bits per heavy atom. The third-order valence-corrected chi connectivity index (χ3v) is 9.37. The molecular weight excluding hydrogens is 715 g/mol. The Morgan fingerprint density at radius 1 is 0.980 bits per heavy atom. The van der Waals surface area contributed by atoms with Gasteiger partial charge in [-0.25, -0.2) is 8.78 Å². The molecule has 0 aromatic heterocycles. The van der Waals surface area contributed by atoms with E-state index in [1.807, 2.05) is 11.9 Å².